The lowest BCUT2D eigenvalue weighted by Gasteiger charge is -2.10. The Morgan fingerprint density at radius 2 is 1.97 bits per heavy atom. The number of nitrogens with one attached hydrogen (secondary N) is 1. The molecule has 1 aliphatic rings. The number of hydrogen-bond acceptors (Lipinski definition) is 4. The zero-order valence-corrected chi connectivity index (χ0v) is 16.1. The van der Waals surface area contributed by atoms with Crippen LogP contribution in [0.3, 0.4) is 0 Å². The third kappa shape index (κ3) is 3.78. The number of anilines is 1. The Balaban J connectivity index is 1.52. The molecule has 29 heavy (non-hydrogen) atoms. The Morgan fingerprint density at radius 3 is 2.76 bits per heavy atom. The predicted octanol–water partition coefficient (Wildman–Crippen LogP) is 4.50. The fourth-order valence-electron chi connectivity index (χ4n) is 3.72. The molecular formula is C24H20N2O3. The van der Waals surface area contributed by atoms with Crippen molar-refractivity contribution in [3.05, 3.63) is 71.3 Å². The summed E-state index contributed by atoms with van der Waals surface area (Å²) in [7, 11) is 1.53. The minimum atomic E-state index is -0.201. The predicted molar refractivity (Wildman–Crippen MR) is 113 cm³/mol. The van der Waals surface area contributed by atoms with E-state index in [1.165, 1.54) is 29.7 Å². The molecule has 0 bridgehead atoms. The molecule has 0 aliphatic heterocycles. The molecule has 1 amide bonds. The minimum absolute atomic E-state index is 0.0532. The highest BCUT2D eigenvalue weighted by molar-refractivity contribution is 6.09. The average Bonchev–Trinajstić information content (AvgIpc) is 3.17. The van der Waals surface area contributed by atoms with Gasteiger partial charge in [-0.15, -0.1) is 0 Å². The first kappa shape index (κ1) is 18.6. The maximum Gasteiger partial charge on any atom is 0.248 e. The largest absolute Gasteiger partial charge is 0.493 e. The molecule has 0 saturated carbocycles. The van der Waals surface area contributed by atoms with Crippen molar-refractivity contribution in [2.24, 2.45) is 0 Å². The topological polar surface area (TPSA) is 71.3 Å². The first-order valence-corrected chi connectivity index (χ1v) is 9.40. The lowest BCUT2D eigenvalue weighted by molar-refractivity contribution is -0.111. The number of ether oxygens (including phenoxy) is 2. The Bertz CT molecular complexity index is 1150. The second-order valence-corrected chi connectivity index (χ2v) is 6.79. The molecule has 0 spiro atoms. The molecule has 5 nitrogen and oxygen atoms in total. The second-order valence-electron chi connectivity index (χ2n) is 6.79. The normalized spacial score (nSPS) is 12.1. The number of carbonyl (C=O) groups excluding carboxylic acids is 1. The first-order valence-electron chi connectivity index (χ1n) is 9.40. The minimum Gasteiger partial charge on any atom is -0.493 e. The molecule has 0 radical (unpaired) electrons. The van der Waals surface area contributed by atoms with E-state index in [9.17, 15) is 4.79 Å². The van der Waals surface area contributed by atoms with Crippen LogP contribution in [0.15, 0.2) is 54.6 Å². The van der Waals surface area contributed by atoms with Gasteiger partial charge in [0, 0.05) is 17.1 Å². The van der Waals surface area contributed by atoms with Crippen LogP contribution in [0.2, 0.25) is 0 Å². The van der Waals surface area contributed by atoms with Crippen molar-refractivity contribution < 1.29 is 14.3 Å². The van der Waals surface area contributed by atoms with Gasteiger partial charge in [-0.3, -0.25) is 4.79 Å². The number of nitriles is 1. The van der Waals surface area contributed by atoms with Crippen LogP contribution >= 0.6 is 0 Å². The van der Waals surface area contributed by atoms with E-state index in [-0.39, 0.29) is 12.5 Å². The van der Waals surface area contributed by atoms with Gasteiger partial charge in [0.15, 0.2) is 18.1 Å². The van der Waals surface area contributed by atoms with Gasteiger partial charge in [0.05, 0.1) is 7.11 Å². The highest BCUT2D eigenvalue weighted by atomic mass is 16.5. The van der Waals surface area contributed by atoms with Gasteiger partial charge >= 0.3 is 0 Å². The number of aryl methyl sites for hydroxylation is 2. The standard InChI is InChI=1S/C24H20N2O3/c1-28-22-15-16(5-11-21(22)29-14-13-25)6-12-23(27)26-20-10-9-18-8-7-17-3-2-4-19(20)24(17)18/h2-6,9-12,15H,7-8,14H2,1H3,(H,26,27)/b12-6+. The van der Waals surface area contributed by atoms with E-state index in [4.69, 9.17) is 14.7 Å². The van der Waals surface area contributed by atoms with Crippen molar-refractivity contribution >= 4 is 28.4 Å². The van der Waals surface area contributed by atoms with Crippen molar-refractivity contribution in [1.82, 2.24) is 0 Å². The number of carbonyl (C=O) groups is 1. The molecule has 0 saturated heterocycles. The Labute approximate surface area is 169 Å². The van der Waals surface area contributed by atoms with Crippen molar-refractivity contribution in [2.45, 2.75) is 12.8 Å². The number of rotatable bonds is 6. The molecule has 0 fully saturated rings. The summed E-state index contributed by atoms with van der Waals surface area (Å²) in [6, 6.07) is 17.5. The Hall–Kier alpha value is -3.78. The second kappa shape index (κ2) is 8.07. The van der Waals surface area contributed by atoms with Crippen molar-refractivity contribution in [1.29, 1.82) is 5.26 Å². The summed E-state index contributed by atoms with van der Waals surface area (Å²) >= 11 is 0. The average molecular weight is 384 g/mol. The van der Waals surface area contributed by atoms with Crippen LogP contribution in [0.25, 0.3) is 16.8 Å². The Kier molecular flexibility index (Phi) is 5.17. The molecule has 5 heteroatoms. The number of nitrogens with zero attached hydrogens (tertiary/aromatic N) is 1. The fourth-order valence-corrected chi connectivity index (χ4v) is 3.72. The fraction of sp³-hybridized carbons (Fsp3) is 0.167. The Morgan fingerprint density at radius 1 is 1.14 bits per heavy atom. The summed E-state index contributed by atoms with van der Waals surface area (Å²) in [5.41, 5.74) is 4.30. The molecule has 3 aromatic carbocycles. The highest BCUT2D eigenvalue weighted by Gasteiger charge is 2.16. The van der Waals surface area contributed by atoms with Gasteiger partial charge in [-0.05, 0) is 59.2 Å². The molecular weight excluding hydrogens is 364 g/mol. The zero-order valence-electron chi connectivity index (χ0n) is 16.1. The number of methoxy groups -OCH3 is 1. The molecule has 0 unspecified atom stereocenters. The van der Waals surface area contributed by atoms with E-state index >= 15 is 0 Å². The van der Waals surface area contributed by atoms with Gasteiger partial charge in [0.2, 0.25) is 5.91 Å². The molecule has 4 rings (SSSR count). The summed E-state index contributed by atoms with van der Waals surface area (Å²) < 4.78 is 10.6. The molecule has 144 valence electrons. The van der Waals surface area contributed by atoms with Gasteiger partial charge in [0.1, 0.15) is 6.07 Å². The van der Waals surface area contributed by atoms with E-state index in [1.54, 1.807) is 24.3 Å². The van der Waals surface area contributed by atoms with Crippen molar-refractivity contribution in [3.8, 4) is 17.6 Å². The van der Waals surface area contributed by atoms with Crippen LogP contribution in [0.1, 0.15) is 16.7 Å². The summed E-state index contributed by atoms with van der Waals surface area (Å²) in [4.78, 5) is 12.5. The molecule has 3 aromatic rings. The maximum atomic E-state index is 12.5. The number of hydrogen-bond donors (Lipinski definition) is 1. The van der Waals surface area contributed by atoms with Crippen molar-refractivity contribution in [3.63, 3.8) is 0 Å². The van der Waals surface area contributed by atoms with E-state index in [0.717, 1.165) is 29.5 Å². The summed E-state index contributed by atoms with van der Waals surface area (Å²) in [6.45, 7) is -0.0532. The van der Waals surface area contributed by atoms with E-state index in [1.807, 2.05) is 18.2 Å². The van der Waals surface area contributed by atoms with Crippen LogP contribution in [0.5, 0.6) is 11.5 Å². The zero-order chi connectivity index (χ0) is 20.2. The van der Waals surface area contributed by atoms with Crippen LogP contribution in [-0.2, 0) is 17.6 Å². The van der Waals surface area contributed by atoms with Crippen LogP contribution in [0, 0.1) is 11.3 Å². The lowest BCUT2D eigenvalue weighted by atomic mass is 10.0. The van der Waals surface area contributed by atoms with E-state index in [2.05, 4.69) is 23.5 Å². The van der Waals surface area contributed by atoms with E-state index < -0.39 is 0 Å². The SMILES string of the molecule is COc1cc(/C=C/C(=O)Nc2ccc3c4c(cccc24)CC3)ccc1OCC#N. The van der Waals surface area contributed by atoms with Gasteiger partial charge in [-0.25, -0.2) is 0 Å². The highest BCUT2D eigenvalue weighted by Crippen LogP contribution is 2.35. The summed E-state index contributed by atoms with van der Waals surface area (Å²) in [5.74, 6) is 0.798. The molecule has 0 atom stereocenters. The van der Waals surface area contributed by atoms with Gasteiger partial charge < -0.3 is 14.8 Å². The molecule has 1 aliphatic carbocycles. The third-order valence-electron chi connectivity index (χ3n) is 5.04. The van der Waals surface area contributed by atoms with Crippen LogP contribution in [-0.4, -0.2) is 19.6 Å². The first-order chi connectivity index (χ1) is 14.2. The maximum absolute atomic E-state index is 12.5. The monoisotopic (exact) mass is 384 g/mol. The van der Waals surface area contributed by atoms with Crippen LogP contribution in [0.4, 0.5) is 5.69 Å². The number of amides is 1. The van der Waals surface area contributed by atoms with Crippen molar-refractivity contribution in [2.75, 3.05) is 19.0 Å². The van der Waals surface area contributed by atoms with Gasteiger partial charge in [-0.2, -0.15) is 5.26 Å². The molecule has 0 aromatic heterocycles. The van der Waals surface area contributed by atoms with Gasteiger partial charge in [0.25, 0.3) is 0 Å². The van der Waals surface area contributed by atoms with Crippen LogP contribution < -0.4 is 14.8 Å². The molecule has 1 N–H and O–H groups in total. The lowest BCUT2D eigenvalue weighted by Crippen LogP contribution is -2.08. The third-order valence-corrected chi connectivity index (χ3v) is 5.04. The smallest absolute Gasteiger partial charge is 0.248 e. The quantitative estimate of drug-likeness (QED) is 0.635. The van der Waals surface area contributed by atoms with E-state index in [0.29, 0.717) is 11.5 Å². The molecule has 0 heterocycles. The summed E-state index contributed by atoms with van der Waals surface area (Å²) in [6.07, 6.45) is 5.32. The van der Waals surface area contributed by atoms with Gasteiger partial charge in [-0.1, -0.05) is 30.3 Å². The summed E-state index contributed by atoms with van der Waals surface area (Å²) in [5, 5.41) is 14.0. The number of benzene rings is 3.